The third-order valence-electron chi connectivity index (χ3n) is 1.30. The summed E-state index contributed by atoms with van der Waals surface area (Å²) < 4.78 is 5.10. The summed E-state index contributed by atoms with van der Waals surface area (Å²) in [5.74, 6) is 0. The van der Waals surface area contributed by atoms with Crippen LogP contribution in [-0.2, 0) is 4.74 Å². The maximum Gasteiger partial charge on any atom is 0.0884 e. The molecule has 0 aliphatic carbocycles. The van der Waals surface area contributed by atoms with Crippen molar-refractivity contribution in [3.8, 4) is 0 Å². The molecule has 0 bridgehead atoms. The maximum atomic E-state index is 5.10. The normalized spacial score (nSPS) is 13.6. The van der Waals surface area contributed by atoms with Crippen LogP contribution in [0.4, 0.5) is 0 Å². The molecule has 1 rings (SSSR count). The van der Waals surface area contributed by atoms with Crippen molar-refractivity contribution in [2.45, 2.75) is 13.0 Å². The number of hydrogen-bond donors (Lipinski definition) is 0. The number of thiophene rings is 1. The summed E-state index contributed by atoms with van der Waals surface area (Å²) in [6.45, 7) is 2.05. The molecule has 0 fully saturated rings. The fraction of sp³-hybridized carbons (Fsp3) is 0.429. The Labute approximate surface area is 59.3 Å². The molecule has 0 spiro atoms. The van der Waals surface area contributed by atoms with Gasteiger partial charge in [-0.25, -0.2) is 0 Å². The van der Waals surface area contributed by atoms with E-state index in [0.717, 1.165) is 0 Å². The Balaban J connectivity index is 2.65. The summed E-state index contributed by atoms with van der Waals surface area (Å²) in [5, 5.41) is 2.06. The van der Waals surface area contributed by atoms with E-state index < -0.39 is 0 Å². The first-order valence-electron chi connectivity index (χ1n) is 2.91. The van der Waals surface area contributed by atoms with E-state index in [9.17, 15) is 0 Å². The van der Waals surface area contributed by atoms with Crippen molar-refractivity contribution in [2.24, 2.45) is 0 Å². The standard InChI is InChI=1S/C7H10OS/c1-6(8-2)7-4-3-5-9-7/h3-6H,1-2H3/t6-/m1/s1. The quantitative estimate of drug-likeness (QED) is 0.616. The molecule has 1 atom stereocenters. The van der Waals surface area contributed by atoms with Gasteiger partial charge in [-0.2, -0.15) is 0 Å². The van der Waals surface area contributed by atoms with Crippen LogP contribution in [0, 0.1) is 0 Å². The lowest BCUT2D eigenvalue weighted by atomic mass is 10.3. The third kappa shape index (κ3) is 1.53. The van der Waals surface area contributed by atoms with E-state index in [1.54, 1.807) is 18.4 Å². The summed E-state index contributed by atoms with van der Waals surface area (Å²) in [6.07, 6.45) is 0.255. The molecule has 0 saturated carbocycles. The molecule has 2 heteroatoms. The second-order valence-corrected chi connectivity index (χ2v) is 2.87. The molecule has 1 aromatic rings. The van der Waals surface area contributed by atoms with Crippen LogP contribution in [0.2, 0.25) is 0 Å². The van der Waals surface area contributed by atoms with Gasteiger partial charge in [-0.3, -0.25) is 0 Å². The van der Waals surface area contributed by atoms with Crippen molar-refractivity contribution in [3.63, 3.8) is 0 Å². The largest absolute Gasteiger partial charge is 0.376 e. The van der Waals surface area contributed by atoms with E-state index in [1.165, 1.54) is 4.88 Å². The first kappa shape index (κ1) is 6.78. The first-order valence-corrected chi connectivity index (χ1v) is 3.78. The maximum absolute atomic E-state index is 5.10. The van der Waals surface area contributed by atoms with Gasteiger partial charge in [-0.15, -0.1) is 11.3 Å². The highest BCUT2D eigenvalue weighted by molar-refractivity contribution is 7.10. The molecule has 0 aromatic carbocycles. The van der Waals surface area contributed by atoms with E-state index in [2.05, 4.69) is 11.4 Å². The van der Waals surface area contributed by atoms with Crippen LogP contribution < -0.4 is 0 Å². The van der Waals surface area contributed by atoms with E-state index in [4.69, 9.17) is 4.74 Å². The molecule has 1 heterocycles. The lowest BCUT2D eigenvalue weighted by Crippen LogP contribution is -1.90. The van der Waals surface area contributed by atoms with Crippen molar-refractivity contribution in [3.05, 3.63) is 22.4 Å². The molecule has 0 radical (unpaired) electrons. The molecular weight excluding hydrogens is 132 g/mol. The van der Waals surface area contributed by atoms with Crippen LogP contribution in [0.15, 0.2) is 17.5 Å². The minimum absolute atomic E-state index is 0.255. The summed E-state index contributed by atoms with van der Waals surface area (Å²) in [6, 6.07) is 4.12. The van der Waals surface area contributed by atoms with Gasteiger partial charge in [0.2, 0.25) is 0 Å². The van der Waals surface area contributed by atoms with Crippen molar-refractivity contribution in [2.75, 3.05) is 7.11 Å². The molecule has 0 unspecified atom stereocenters. The Morgan fingerprint density at radius 2 is 2.44 bits per heavy atom. The van der Waals surface area contributed by atoms with Gasteiger partial charge in [0.05, 0.1) is 6.10 Å². The van der Waals surface area contributed by atoms with Crippen LogP contribution >= 0.6 is 11.3 Å². The zero-order valence-corrected chi connectivity index (χ0v) is 6.44. The molecule has 0 aliphatic rings. The Bertz CT molecular complexity index is 157. The molecule has 9 heavy (non-hydrogen) atoms. The fourth-order valence-electron chi connectivity index (χ4n) is 0.639. The van der Waals surface area contributed by atoms with E-state index in [-0.39, 0.29) is 6.10 Å². The topological polar surface area (TPSA) is 9.23 Å². The van der Waals surface area contributed by atoms with Gasteiger partial charge >= 0.3 is 0 Å². The second kappa shape index (κ2) is 2.99. The van der Waals surface area contributed by atoms with Crippen molar-refractivity contribution in [1.82, 2.24) is 0 Å². The van der Waals surface area contributed by atoms with E-state index in [1.807, 2.05) is 13.0 Å². The molecule has 0 saturated heterocycles. The molecular formula is C7H10OS. The average molecular weight is 142 g/mol. The van der Waals surface area contributed by atoms with Gasteiger partial charge in [0.1, 0.15) is 0 Å². The molecule has 50 valence electrons. The predicted octanol–water partition coefficient (Wildman–Crippen LogP) is 2.46. The highest BCUT2D eigenvalue weighted by atomic mass is 32.1. The van der Waals surface area contributed by atoms with Crippen molar-refractivity contribution < 1.29 is 4.74 Å². The van der Waals surface area contributed by atoms with Crippen molar-refractivity contribution >= 4 is 11.3 Å². The molecule has 0 amide bonds. The van der Waals surface area contributed by atoms with Crippen LogP contribution in [0.1, 0.15) is 17.9 Å². The summed E-state index contributed by atoms with van der Waals surface area (Å²) in [7, 11) is 1.73. The Hall–Kier alpha value is -0.340. The first-order chi connectivity index (χ1) is 4.34. The van der Waals surface area contributed by atoms with Crippen LogP contribution in [0.3, 0.4) is 0 Å². The van der Waals surface area contributed by atoms with Gasteiger partial charge in [-0.05, 0) is 18.4 Å². The predicted molar refractivity (Wildman–Crippen MR) is 39.7 cm³/mol. The molecule has 0 aliphatic heterocycles. The van der Waals surface area contributed by atoms with E-state index in [0.29, 0.717) is 0 Å². The summed E-state index contributed by atoms with van der Waals surface area (Å²) in [5.41, 5.74) is 0. The van der Waals surface area contributed by atoms with Crippen molar-refractivity contribution in [1.29, 1.82) is 0 Å². The number of methoxy groups -OCH3 is 1. The lowest BCUT2D eigenvalue weighted by Gasteiger charge is -2.04. The Morgan fingerprint density at radius 3 is 2.89 bits per heavy atom. The lowest BCUT2D eigenvalue weighted by molar-refractivity contribution is 0.122. The van der Waals surface area contributed by atoms with Gasteiger partial charge in [0.25, 0.3) is 0 Å². The van der Waals surface area contributed by atoms with Gasteiger partial charge in [-0.1, -0.05) is 6.07 Å². The van der Waals surface area contributed by atoms with Gasteiger partial charge in [0, 0.05) is 12.0 Å². The minimum Gasteiger partial charge on any atom is -0.376 e. The third-order valence-corrected chi connectivity index (χ3v) is 2.33. The molecule has 1 nitrogen and oxygen atoms in total. The second-order valence-electron chi connectivity index (χ2n) is 1.89. The van der Waals surface area contributed by atoms with Crippen LogP contribution in [0.25, 0.3) is 0 Å². The Morgan fingerprint density at radius 1 is 1.67 bits per heavy atom. The number of rotatable bonds is 2. The highest BCUT2D eigenvalue weighted by Crippen LogP contribution is 2.20. The monoisotopic (exact) mass is 142 g/mol. The zero-order chi connectivity index (χ0) is 6.69. The summed E-state index contributed by atoms with van der Waals surface area (Å²) >= 11 is 1.73. The number of hydrogen-bond acceptors (Lipinski definition) is 2. The molecule has 0 N–H and O–H groups in total. The molecule has 1 aromatic heterocycles. The average Bonchev–Trinajstić information content (AvgIpc) is 2.37. The number of ether oxygens (including phenoxy) is 1. The fourth-order valence-corrected chi connectivity index (χ4v) is 1.40. The highest BCUT2D eigenvalue weighted by Gasteiger charge is 2.01. The smallest absolute Gasteiger partial charge is 0.0884 e. The zero-order valence-electron chi connectivity index (χ0n) is 5.63. The van der Waals surface area contributed by atoms with Crippen LogP contribution in [-0.4, -0.2) is 7.11 Å². The van der Waals surface area contributed by atoms with Crippen LogP contribution in [0.5, 0.6) is 0 Å². The SMILES string of the molecule is CO[C@H](C)c1cccs1. The Kier molecular flexibility index (Phi) is 2.25. The minimum atomic E-state index is 0.255. The van der Waals surface area contributed by atoms with Gasteiger partial charge in [0.15, 0.2) is 0 Å². The van der Waals surface area contributed by atoms with Gasteiger partial charge < -0.3 is 4.74 Å². The summed E-state index contributed by atoms with van der Waals surface area (Å²) in [4.78, 5) is 1.29. The van der Waals surface area contributed by atoms with E-state index >= 15 is 0 Å².